The summed E-state index contributed by atoms with van der Waals surface area (Å²) in [5, 5.41) is 0. The Bertz CT molecular complexity index is 253. The topological polar surface area (TPSA) is 9.23 Å². The minimum atomic E-state index is -0.157. The van der Waals surface area contributed by atoms with Crippen LogP contribution in [0.5, 0.6) is 0 Å². The number of hydrogen-bond acceptors (Lipinski definition) is 1. The molecule has 0 spiro atoms. The van der Waals surface area contributed by atoms with Crippen LogP contribution >= 0.6 is 0 Å². The second-order valence-corrected chi connectivity index (χ2v) is 3.58. The van der Waals surface area contributed by atoms with Gasteiger partial charge in [-0.3, -0.25) is 0 Å². The van der Waals surface area contributed by atoms with Gasteiger partial charge >= 0.3 is 0 Å². The van der Waals surface area contributed by atoms with Crippen molar-refractivity contribution < 1.29 is 9.13 Å². The van der Waals surface area contributed by atoms with Gasteiger partial charge in [-0.05, 0) is 17.9 Å². The van der Waals surface area contributed by atoms with Crippen molar-refractivity contribution in [3.8, 4) is 0 Å². The molecule has 0 amide bonds. The lowest BCUT2D eigenvalue weighted by Crippen LogP contribution is -2.16. The van der Waals surface area contributed by atoms with Gasteiger partial charge < -0.3 is 4.74 Å². The zero-order valence-corrected chi connectivity index (χ0v) is 8.73. The van der Waals surface area contributed by atoms with Gasteiger partial charge in [0.2, 0.25) is 0 Å². The van der Waals surface area contributed by atoms with Gasteiger partial charge in [0, 0.05) is 5.92 Å². The van der Waals surface area contributed by atoms with Gasteiger partial charge in [-0.1, -0.05) is 26.8 Å². The highest BCUT2D eigenvalue weighted by atomic mass is 19.1. The lowest BCUT2D eigenvalue weighted by Gasteiger charge is -2.25. The molecule has 1 rings (SSSR count). The van der Waals surface area contributed by atoms with E-state index in [1.807, 2.05) is 19.9 Å². The predicted octanol–water partition coefficient (Wildman–Crippen LogP) is 3.44. The Morgan fingerprint density at radius 2 is 2.08 bits per heavy atom. The lowest BCUT2D eigenvalue weighted by molar-refractivity contribution is 0.211. The Balaban J connectivity index is 3.04. The molecule has 0 aromatic carbocycles. The maximum Gasteiger partial charge on any atom is 0.163 e. The van der Waals surface area contributed by atoms with Crippen molar-refractivity contribution in [2.45, 2.75) is 27.2 Å². The summed E-state index contributed by atoms with van der Waals surface area (Å²) in [6, 6.07) is 0. The van der Waals surface area contributed by atoms with E-state index in [1.165, 1.54) is 7.11 Å². The number of rotatable bonds is 2. The number of halogens is 1. The Labute approximate surface area is 79.3 Å². The molecule has 0 saturated heterocycles. The van der Waals surface area contributed by atoms with Crippen molar-refractivity contribution in [1.29, 1.82) is 0 Å². The molecule has 0 fully saturated rings. The Hall–Kier alpha value is -0.790. The van der Waals surface area contributed by atoms with E-state index in [2.05, 4.69) is 6.92 Å². The first-order chi connectivity index (χ1) is 6.11. The number of allylic oxidation sites excluding steroid dienone is 4. The van der Waals surface area contributed by atoms with Gasteiger partial charge in [-0.2, -0.15) is 0 Å². The molecular formula is C11H17FO. The summed E-state index contributed by atoms with van der Waals surface area (Å²) in [5.41, 5.74) is 0.780. The molecule has 1 nitrogen and oxygen atoms in total. The molecule has 0 aromatic rings. The van der Waals surface area contributed by atoms with Crippen LogP contribution in [0.2, 0.25) is 0 Å². The summed E-state index contributed by atoms with van der Waals surface area (Å²) >= 11 is 0. The van der Waals surface area contributed by atoms with Gasteiger partial charge in [-0.25, -0.2) is 4.39 Å². The average Bonchev–Trinajstić information content (AvgIpc) is 2.12. The highest BCUT2D eigenvalue weighted by Crippen LogP contribution is 2.35. The van der Waals surface area contributed by atoms with Crippen LogP contribution in [0.15, 0.2) is 23.2 Å². The van der Waals surface area contributed by atoms with Crippen LogP contribution in [0.4, 0.5) is 4.39 Å². The molecule has 1 aliphatic carbocycles. The molecule has 2 unspecified atom stereocenters. The fourth-order valence-electron chi connectivity index (χ4n) is 1.68. The fraction of sp³-hybridized carbons (Fsp3) is 0.636. The SMILES string of the molecule is CCC1=CC(C)C(C)C(OC)=C1F. The monoisotopic (exact) mass is 184 g/mol. The van der Waals surface area contributed by atoms with Crippen molar-refractivity contribution in [3.63, 3.8) is 0 Å². The molecule has 0 aliphatic heterocycles. The molecule has 2 heteroatoms. The van der Waals surface area contributed by atoms with E-state index in [9.17, 15) is 4.39 Å². The Morgan fingerprint density at radius 3 is 2.54 bits per heavy atom. The van der Waals surface area contributed by atoms with E-state index in [4.69, 9.17) is 4.74 Å². The molecule has 0 saturated carbocycles. The predicted molar refractivity (Wildman–Crippen MR) is 51.8 cm³/mol. The van der Waals surface area contributed by atoms with Crippen LogP contribution in [0, 0.1) is 11.8 Å². The zero-order valence-electron chi connectivity index (χ0n) is 8.73. The summed E-state index contributed by atoms with van der Waals surface area (Å²) in [4.78, 5) is 0. The van der Waals surface area contributed by atoms with Gasteiger partial charge in [-0.15, -0.1) is 0 Å². The minimum Gasteiger partial charge on any atom is -0.498 e. The van der Waals surface area contributed by atoms with Crippen molar-refractivity contribution >= 4 is 0 Å². The second-order valence-electron chi connectivity index (χ2n) is 3.58. The summed E-state index contributed by atoms with van der Waals surface area (Å²) in [5.74, 6) is 0.868. The van der Waals surface area contributed by atoms with E-state index in [-0.39, 0.29) is 11.7 Å². The molecule has 1 aliphatic rings. The van der Waals surface area contributed by atoms with Crippen molar-refractivity contribution in [2.75, 3.05) is 7.11 Å². The molecule has 0 bridgehead atoms. The lowest BCUT2D eigenvalue weighted by atomic mass is 9.85. The molecule has 0 radical (unpaired) electrons. The normalized spacial score (nSPS) is 28.8. The Kier molecular flexibility index (Phi) is 3.12. The number of ether oxygens (including phenoxy) is 1. The molecule has 2 atom stereocenters. The Morgan fingerprint density at radius 1 is 1.46 bits per heavy atom. The van der Waals surface area contributed by atoms with E-state index in [0.717, 1.165) is 12.0 Å². The van der Waals surface area contributed by atoms with Crippen molar-refractivity contribution in [3.05, 3.63) is 23.2 Å². The van der Waals surface area contributed by atoms with Gasteiger partial charge in [0.25, 0.3) is 0 Å². The summed E-state index contributed by atoms with van der Waals surface area (Å²) in [6.45, 7) is 6.04. The fourth-order valence-corrected chi connectivity index (χ4v) is 1.68. The molecule has 74 valence electrons. The molecule has 13 heavy (non-hydrogen) atoms. The minimum absolute atomic E-state index is 0.153. The third-order valence-corrected chi connectivity index (χ3v) is 2.77. The first kappa shape index (κ1) is 10.3. The third kappa shape index (κ3) is 1.77. The maximum atomic E-state index is 13.6. The standard InChI is InChI=1S/C11H17FO/c1-5-9-6-7(2)8(3)11(13-4)10(9)12/h6-8H,5H2,1-4H3. The van der Waals surface area contributed by atoms with E-state index < -0.39 is 0 Å². The summed E-state index contributed by atoms with van der Waals surface area (Å²) in [7, 11) is 1.54. The van der Waals surface area contributed by atoms with E-state index in [0.29, 0.717) is 11.7 Å². The molecule has 0 N–H and O–H groups in total. The zero-order chi connectivity index (χ0) is 10.0. The quantitative estimate of drug-likeness (QED) is 0.638. The number of methoxy groups -OCH3 is 1. The smallest absolute Gasteiger partial charge is 0.163 e. The van der Waals surface area contributed by atoms with Crippen LogP contribution in [-0.2, 0) is 4.74 Å². The van der Waals surface area contributed by atoms with Crippen LogP contribution < -0.4 is 0 Å². The highest BCUT2D eigenvalue weighted by Gasteiger charge is 2.26. The number of hydrogen-bond donors (Lipinski definition) is 0. The van der Waals surface area contributed by atoms with Crippen LogP contribution in [0.3, 0.4) is 0 Å². The maximum absolute atomic E-state index is 13.6. The van der Waals surface area contributed by atoms with E-state index in [1.54, 1.807) is 0 Å². The molecular weight excluding hydrogens is 167 g/mol. The van der Waals surface area contributed by atoms with Crippen LogP contribution in [0.1, 0.15) is 27.2 Å². The van der Waals surface area contributed by atoms with Gasteiger partial charge in [0.1, 0.15) is 5.76 Å². The van der Waals surface area contributed by atoms with Crippen molar-refractivity contribution in [2.24, 2.45) is 11.8 Å². The van der Waals surface area contributed by atoms with Crippen LogP contribution in [-0.4, -0.2) is 7.11 Å². The largest absolute Gasteiger partial charge is 0.498 e. The molecule has 0 heterocycles. The second kappa shape index (κ2) is 3.95. The van der Waals surface area contributed by atoms with Gasteiger partial charge in [0.15, 0.2) is 5.83 Å². The first-order valence-corrected chi connectivity index (χ1v) is 4.76. The van der Waals surface area contributed by atoms with Crippen molar-refractivity contribution in [1.82, 2.24) is 0 Å². The summed E-state index contributed by atoms with van der Waals surface area (Å²) < 4.78 is 18.7. The summed E-state index contributed by atoms with van der Waals surface area (Å²) in [6.07, 6.45) is 2.73. The van der Waals surface area contributed by atoms with E-state index >= 15 is 0 Å². The van der Waals surface area contributed by atoms with Crippen LogP contribution in [0.25, 0.3) is 0 Å². The highest BCUT2D eigenvalue weighted by molar-refractivity contribution is 5.33. The molecule has 0 aromatic heterocycles. The first-order valence-electron chi connectivity index (χ1n) is 4.76. The average molecular weight is 184 g/mol. The van der Waals surface area contributed by atoms with Gasteiger partial charge in [0.05, 0.1) is 7.11 Å². The third-order valence-electron chi connectivity index (χ3n) is 2.77.